The van der Waals surface area contributed by atoms with Crippen LogP contribution in [-0.2, 0) is 4.79 Å². The SMILES string of the molecule is COc1cc(OC)c(/C=N\NC(=O)CCCOc2ccc(Cl)cc2Cl)cc1Br. The van der Waals surface area contributed by atoms with Crippen molar-refractivity contribution in [3.63, 3.8) is 0 Å². The number of hydrogen-bond acceptors (Lipinski definition) is 5. The molecule has 6 nitrogen and oxygen atoms in total. The van der Waals surface area contributed by atoms with Crippen LogP contribution in [0.5, 0.6) is 17.2 Å². The zero-order valence-corrected chi connectivity index (χ0v) is 18.4. The lowest BCUT2D eigenvalue weighted by Crippen LogP contribution is -2.18. The molecule has 2 aromatic carbocycles. The van der Waals surface area contributed by atoms with Crippen molar-refractivity contribution in [3.8, 4) is 17.2 Å². The minimum atomic E-state index is -0.228. The first-order valence-electron chi connectivity index (χ1n) is 8.26. The summed E-state index contributed by atoms with van der Waals surface area (Å²) in [6.07, 6.45) is 2.27. The summed E-state index contributed by atoms with van der Waals surface area (Å²) in [4.78, 5) is 11.9. The van der Waals surface area contributed by atoms with Crippen LogP contribution in [0, 0.1) is 0 Å². The third-order valence-electron chi connectivity index (χ3n) is 3.60. The van der Waals surface area contributed by atoms with E-state index in [2.05, 4.69) is 26.5 Å². The highest BCUT2D eigenvalue weighted by molar-refractivity contribution is 9.10. The van der Waals surface area contributed by atoms with E-state index in [1.165, 1.54) is 6.21 Å². The van der Waals surface area contributed by atoms with Crippen LogP contribution in [0.1, 0.15) is 18.4 Å². The van der Waals surface area contributed by atoms with Crippen LogP contribution in [0.2, 0.25) is 10.0 Å². The lowest BCUT2D eigenvalue weighted by molar-refractivity contribution is -0.121. The van der Waals surface area contributed by atoms with E-state index in [1.54, 1.807) is 44.6 Å². The summed E-state index contributed by atoms with van der Waals surface area (Å²) in [7, 11) is 3.11. The van der Waals surface area contributed by atoms with Gasteiger partial charge in [0, 0.05) is 23.1 Å². The Labute approximate surface area is 181 Å². The van der Waals surface area contributed by atoms with Gasteiger partial charge in [-0.2, -0.15) is 5.10 Å². The molecule has 2 rings (SSSR count). The maximum absolute atomic E-state index is 11.9. The summed E-state index contributed by atoms with van der Waals surface area (Å²) in [6.45, 7) is 0.345. The molecule has 0 aliphatic carbocycles. The van der Waals surface area contributed by atoms with E-state index >= 15 is 0 Å². The van der Waals surface area contributed by atoms with Gasteiger partial charge in [-0.3, -0.25) is 4.79 Å². The van der Waals surface area contributed by atoms with Crippen LogP contribution in [0.25, 0.3) is 0 Å². The lowest BCUT2D eigenvalue weighted by Gasteiger charge is -2.09. The van der Waals surface area contributed by atoms with E-state index in [9.17, 15) is 4.79 Å². The number of ether oxygens (including phenoxy) is 3. The molecule has 9 heteroatoms. The van der Waals surface area contributed by atoms with Gasteiger partial charge in [0.2, 0.25) is 5.91 Å². The van der Waals surface area contributed by atoms with E-state index in [0.717, 1.165) is 4.47 Å². The van der Waals surface area contributed by atoms with Crippen molar-refractivity contribution in [1.82, 2.24) is 5.43 Å². The number of methoxy groups -OCH3 is 2. The number of hydrazone groups is 1. The average Bonchev–Trinajstić information content (AvgIpc) is 2.66. The number of rotatable bonds is 9. The number of halogens is 3. The highest BCUT2D eigenvalue weighted by atomic mass is 79.9. The average molecular weight is 490 g/mol. The van der Waals surface area contributed by atoms with Gasteiger partial charge in [0.25, 0.3) is 0 Å². The molecule has 0 atom stereocenters. The Morgan fingerprint density at radius 3 is 2.57 bits per heavy atom. The van der Waals surface area contributed by atoms with Gasteiger partial charge in [0.05, 0.1) is 36.5 Å². The molecular formula is C19H19BrCl2N2O4. The van der Waals surface area contributed by atoms with Gasteiger partial charge in [-0.1, -0.05) is 23.2 Å². The van der Waals surface area contributed by atoms with Gasteiger partial charge in [0.15, 0.2) is 0 Å². The molecule has 0 spiro atoms. The first-order chi connectivity index (χ1) is 13.4. The molecule has 0 saturated heterocycles. The fraction of sp³-hybridized carbons (Fsp3) is 0.263. The van der Waals surface area contributed by atoms with Crippen molar-refractivity contribution < 1.29 is 19.0 Å². The quantitative estimate of drug-likeness (QED) is 0.303. The van der Waals surface area contributed by atoms with Crippen molar-refractivity contribution in [2.45, 2.75) is 12.8 Å². The van der Waals surface area contributed by atoms with Crippen LogP contribution < -0.4 is 19.6 Å². The summed E-state index contributed by atoms with van der Waals surface area (Å²) >= 11 is 15.3. The lowest BCUT2D eigenvalue weighted by atomic mass is 10.2. The second kappa shape index (κ2) is 11.1. The standard InChI is InChI=1S/C19H19BrCl2N2O4/c1-26-17-10-18(27-2)14(20)8-12(17)11-23-24-19(25)4-3-7-28-16-6-5-13(21)9-15(16)22/h5-6,8-11H,3-4,7H2,1-2H3,(H,24,25)/b23-11-. The van der Waals surface area contributed by atoms with Crippen molar-refractivity contribution in [2.75, 3.05) is 20.8 Å². The van der Waals surface area contributed by atoms with Crippen molar-refractivity contribution in [2.24, 2.45) is 5.10 Å². The van der Waals surface area contributed by atoms with E-state index in [1.807, 2.05) is 0 Å². The molecule has 0 aliphatic rings. The molecule has 2 aromatic rings. The Bertz CT molecular complexity index is 862. The first kappa shape index (κ1) is 22.3. The predicted molar refractivity (Wildman–Crippen MR) is 114 cm³/mol. The predicted octanol–water partition coefficient (Wildman–Crippen LogP) is 5.08. The van der Waals surface area contributed by atoms with E-state index in [-0.39, 0.29) is 12.3 Å². The second-order valence-electron chi connectivity index (χ2n) is 5.55. The van der Waals surface area contributed by atoms with Gasteiger partial charge < -0.3 is 14.2 Å². The Morgan fingerprint density at radius 2 is 1.89 bits per heavy atom. The molecule has 1 amide bonds. The molecule has 0 unspecified atom stereocenters. The molecule has 28 heavy (non-hydrogen) atoms. The largest absolute Gasteiger partial charge is 0.496 e. The number of hydrogen-bond donors (Lipinski definition) is 1. The van der Waals surface area contributed by atoms with Crippen LogP contribution in [0.15, 0.2) is 39.9 Å². The first-order valence-corrected chi connectivity index (χ1v) is 9.80. The van der Waals surface area contributed by atoms with Gasteiger partial charge >= 0.3 is 0 Å². The molecule has 0 bridgehead atoms. The maximum Gasteiger partial charge on any atom is 0.240 e. The number of nitrogens with one attached hydrogen (secondary N) is 1. The number of carbonyl (C=O) groups excluding carboxylic acids is 1. The van der Waals surface area contributed by atoms with Crippen LogP contribution in [0.4, 0.5) is 0 Å². The van der Waals surface area contributed by atoms with E-state index in [0.29, 0.717) is 45.9 Å². The molecule has 1 N–H and O–H groups in total. The normalized spacial score (nSPS) is 10.8. The molecule has 0 fully saturated rings. The van der Waals surface area contributed by atoms with E-state index < -0.39 is 0 Å². The minimum absolute atomic E-state index is 0.228. The molecule has 0 heterocycles. The third-order valence-corrected chi connectivity index (χ3v) is 4.75. The minimum Gasteiger partial charge on any atom is -0.496 e. The molecule has 0 saturated carbocycles. The number of carbonyl (C=O) groups is 1. The molecule has 150 valence electrons. The smallest absolute Gasteiger partial charge is 0.240 e. The highest BCUT2D eigenvalue weighted by Gasteiger charge is 2.08. The summed E-state index contributed by atoms with van der Waals surface area (Å²) in [6, 6.07) is 8.50. The van der Waals surface area contributed by atoms with Gasteiger partial charge in [0.1, 0.15) is 17.2 Å². The van der Waals surface area contributed by atoms with Crippen molar-refractivity contribution >= 4 is 51.3 Å². The highest BCUT2D eigenvalue weighted by Crippen LogP contribution is 2.32. The molecule has 0 aliphatic heterocycles. The summed E-state index contributed by atoms with van der Waals surface area (Å²) in [5.74, 6) is 1.51. The fourth-order valence-corrected chi connectivity index (χ4v) is 3.21. The van der Waals surface area contributed by atoms with Gasteiger partial charge in [-0.15, -0.1) is 0 Å². The Morgan fingerprint density at radius 1 is 1.14 bits per heavy atom. The zero-order chi connectivity index (χ0) is 20.5. The summed E-state index contributed by atoms with van der Waals surface area (Å²) in [5.41, 5.74) is 3.17. The molecule has 0 radical (unpaired) electrons. The van der Waals surface area contributed by atoms with Crippen molar-refractivity contribution in [1.29, 1.82) is 0 Å². The number of amides is 1. The maximum atomic E-state index is 11.9. The second-order valence-corrected chi connectivity index (χ2v) is 7.25. The number of nitrogens with zero attached hydrogens (tertiary/aromatic N) is 1. The Hall–Kier alpha value is -1.96. The molecular weight excluding hydrogens is 471 g/mol. The third kappa shape index (κ3) is 6.58. The zero-order valence-electron chi connectivity index (χ0n) is 15.3. The monoisotopic (exact) mass is 488 g/mol. The van der Waals surface area contributed by atoms with Crippen LogP contribution >= 0.6 is 39.1 Å². The number of benzene rings is 2. The van der Waals surface area contributed by atoms with Crippen LogP contribution in [-0.4, -0.2) is 32.9 Å². The molecule has 0 aromatic heterocycles. The van der Waals surface area contributed by atoms with Gasteiger partial charge in [-0.05, 0) is 46.6 Å². The van der Waals surface area contributed by atoms with Gasteiger partial charge in [-0.25, -0.2) is 5.43 Å². The Balaban J connectivity index is 1.80. The topological polar surface area (TPSA) is 69.2 Å². The fourth-order valence-electron chi connectivity index (χ4n) is 2.22. The summed E-state index contributed by atoms with van der Waals surface area (Å²) in [5, 5.41) is 4.93. The van der Waals surface area contributed by atoms with E-state index in [4.69, 9.17) is 37.4 Å². The Kier molecular flexibility index (Phi) is 8.89. The van der Waals surface area contributed by atoms with Crippen molar-refractivity contribution in [3.05, 3.63) is 50.4 Å². The van der Waals surface area contributed by atoms with Crippen LogP contribution in [0.3, 0.4) is 0 Å². The summed E-state index contributed by atoms with van der Waals surface area (Å²) < 4.78 is 16.8.